The smallest absolute Gasteiger partial charge is 0.283 e. The molecule has 1 aliphatic rings. The Bertz CT molecular complexity index is 875. The van der Waals surface area contributed by atoms with Crippen molar-refractivity contribution in [1.29, 1.82) is 0 Å². The van der Waals surface area contributed by atoms with Crippen LogP contribution in [0.2, 0.25) is 0 Å². The highest BCUT2D eigenvalue weighted by Crippen LogP contribution is 2.31. The van der Waals surface area contributed by atoms with Crippen LogP contribution < -0.4 is 10.2 Å². The average molecular weight is 359 g/mol. The van der Waals surface area contributed by atoms with Gasteiger partial charge in [0.2, 0.25) is 0 Å². The fraction of sp³-hybridized carbons (Fsp3) is 0.158. The maximum absolute atomic E-state index is 14.0. The summed E-state index contributed by atoms with van der Waals surface area (Å²) < 4.78 is 14.0. The van der Waals surface area contributed by atoms with E-state index in [1.165, 1.54) is 18.2 Å². The first kappa shape index (κ1) is 17.2. The standard InChI is InChI=1S/C19H16ClFN2O2/c1-11(2)12-7-9-13(10-8-12)22-17-16(20)18(24)23(19(17)25)15-6-4-3-5-14(15)21/h3-11,22H,1-2H3. The number of nitrogens with zero attached hydrogens (tertiary/aromatic N) is 1. The van der Waals surface area contributed by atoms with Crippen molar-refractivity contribution in [3.8, 4) is 0 Å². The molecule has 1 aliphatic heterocycles. The summed E-state index contributed by atoms with van der Waals surface area (Å²) in [6, 6.07) is 13.0. The summed E-state index contributed by atoms with van der Waals surface area (Å²) in [6.07, 6.45) is 0. The molecule has 0 saturated carbocycles. The van der Waals surface area contributed by atoms with Crippen LogP contribution in [0.5, 0.6) is 0 Å². The fourth-order valence-electron chi connectivity index (χ4n) is 2.56. The van der Waals surface area contributed by atoms with E-state index in [4.69, 9.17) is 11.6 Å². The van der Waals surface area contributed by atoms with Crippen molar-refractivity contribution in [2.45, 2.75) is 19.8 Å². The van der Waals surface area contributed by atoms with Gasteiger partial charge in [-0.05, 0) is 35.7 Å². The van der Waals surface area contributed by atoms with Crippen LogP contribution in [0.1, 0.15) is 25.3 Å². The average Bonchev–Trinajstić information content (AvgIpc) is 2.80. The minimum absolute atomic E-state index is 0.0628. The number of rotatable bonds is 4. The lowest BCUT2D eigenvalue weighted by atomic mass is 10.0. The number of hydrogen-bond donors (Lipinski definition) is 1. The fourth-order valence-corrected chi connectivity index (χ4v) is 2.77. The lowest BCUT2D eigenvalue weighted by Crippen LogP contribution is -2.33. The number of anilines is 2. The second kappa shape index (κ2) is 6.69. The lowest BCUT2D eigenvalue weighted by Gasteiger charge is -2.15. The molecule has 2 aromatic rings. The van der Waals surface area contributed by atoms with Crippen molar-refractivity contribution in [3.05, 3.63) is 70.6 Å². The van der Waals surface area contributed by atoms with E-state index in [0.717, 1.165) is 10.5 Å². The predicted molar refractivity (Wildman–Crippen MR) is 95.9 cm³/mol. The Morgan fingerprint density at radius 3 is 2.24 bits per heavy atom. The molecular formula is C19H16ClFN2O2. The van der Waals surface area contributed by atoms with Gasteiger partial charge >= 0.3 is 0 Å². The Kier molecular flexibility index (Phi) is 4.59. The molecule has 1 N–H and O–H groups in total. The van der Waals surface area contributed by atoms with Crippen LogP contribution in [0.4, 0.5) is 15.8 Å². The quantitative estimate of drug-likeness (QED) is 0.825. The van der Waals surface area contributed by atoms with Gasteiger partial charge in [0, 0.05) is 5.69 Å². The van der Waals surface area contributed by atoms with Gasteiger partial charge in [-0.2, -0.15) is 0 Å². The number of carbonyl (C=O) groups is 2. The Labute approximate surface area is 149 Å². The third-order valence-electron chi connectivity index (χ3n) is 3.97. The predicted octanol–water partition coefficient (Wildman–Crippen LogP) is 4.38. The summed E-state index contributed by atoms with van der Waals surface area (Å²) >= 11 is 6.03. The zero-order chi connectivity index (χ0) is 18.1. The van der Waals surface area contributed by atoms with Crippen LogP contribution in [0.3, 0.4) is 0 Å². The molecule has 1 heterocycles. The molecule has 4 nitrogen and oxygen atoms in total. The van der Waals surface area contributed by atoms with Crippen LogP contribution in [0.25, 0.3) is 0 Å². The van der Waals surface area contributed by atoms with Gasteiger partial charge in [0.05, 0.1) is 5.69 Å². The molecule has 25 heavy (non-hydrogen) atoms. The van der Waals surface area contributed by atoms with E-state index in [0.29, 0.717) is 11.6 Å². The first-order valence-electron chi connectivity index (χ1n) is 7.80. The Morgan fingerprint density at radius 1 is 1.00 bits per heavy atom. The highest BCUT2D eigenvalue weighted by Gasteiger charge is 2.40. The second-order valence-corrected chi connectivity index (χ2v) is 6.37. The maximum atomic E-state index is 14.0. The number of para-hydroxylation sites is 1. The first-order valence-corrected chi connectivity index (χ1v) is 8.18. The van der Waals surface area contributed by atoms with Crippen molar-refractivity contribution in [2.75, 3.05) is 10.2 Å². The summed E-state index contributed by atoms with van der Waals surface area (Å²) in [5, 5.41) is 2.61. The summed E-state index contributed by atoms with van der Waals surface area (Å²) in [6.45, 7) is 4.15. The zero-order valence-electron chi connectivity index (χ0n) is 13.7. The Balaban J connectivity index is 1.88. The summed E-state index contributed by atoms with van der Waals surface area (Å²) in [5.74, 6) is -1.73. The molecule has 0 bridgehead atoms. The number of carbonyl (C=O) groups excluding carboxylic acids is 2. The van der Waals surface area contributed by atoms with E-state index in [1.807, 2.05) is 12.1 Å². The van der Waals surface area contributed by atoms with Crippen LogP contribution in [0.15, 0.2) is 59.3 Å². The van der Waals surface area contributed by atoms with E-state index >= 15 is 0 Å². The number of nitrogens with one attached hydrogen (secondary N) is 1. The molecular weight excluding hydrogens is 343 g/mol. The van der Waals surface area contributed by atoms with Gasteiger partial charge in [0.25, 0.3) is 11.8 Å². The molecule has 3 rings (SSSR count). The van der Waals surface area contributed by atoms with E-state index in [2.05, 4.69) is 19.2 Å². The second-order valence-electron chi connectivity index (χ2n) is 5.99. The minimum atomic E-state index is -0.752. The summed E-state index contributed by atoms with van der Waals surface area (Å²) in [5.41, 5.74) is 1.58. The highest BCUT2D eigenvalue weighted by atomic mass is 35.5. The molecule has 0 fully saturated rings. The topological polar surface area (TPSA) is 49.4 Å². The number of halogens is 2. The van der Waals surface area contributed by atoms with Gasteiger partial charge in [-0.3, -0.25) is 9.59 Å². The van der Waals surface area contributed by atoms with Gasteiger partial charge in [0.15, 0.2) is 0 Å². The summed E-state index contributed by atoms with van der Waals surface area (Å²) in [4.78, 5) is 25.7. The van der Waals surface area contributed by atoms with E-state index in [-0.39, 0.29) is 16.4 Å². The van der Waals surface area contributed by atoms with Crippen molar-refractivity contribution in [1.82, 2.24) is 0 Å². The molecule has 2 amide bonds. The van der Waals surface area contributed by atoms with Crippen molar-refractivity contribution >= 4 is 34.8 Å². The van der Waals surface area contributed by atoms with Gasteiger partial charge in [-0.1, -0.05) is 49.7 Å². The molecule has 0 radical (unpaired) electrons. The van der Waals surface area contributed by atoms with Crippen LogP contribution in [-0.2, 0) is 9.59 Å². The molecule has 0 spiro atoms. The minimum Gasteiger partial charge on any atom is -0.350 e. The molecule has 0 aromatic heterocycles. The summed E-state index contributed by atoms with van der Waals surface area (Å²) in [7, 11) is 0. The maximum Gasteiger partial charge on any atom is 0.283 e. The van der Waals surface area contributed by atoms with E-state index in [1.54, 1.807) is 18.2 Å². The SMILES string of the molecule is CC(C)c1ccc(NC2=C(Cl)C(=O)N(c3ccccc3F)C2=O)cc1. The monoisotopic (exact) mass is 358 g/mol. The normalized spacial score (nSPS) is 14.7. The number of amides is 2. The highest BCUT2D eigenvalue weighted by molar-refractivity contribution is 6.53. The van der Waals surface area contributed by atoms with Crippen LogP contribution >= 0.6 is 11.6 Å². The number of benzene rings is 2. The van der Waals surface area contributed by atoms with E-state index < -0.39 is 17.6 Å². The van der Waals surface area contributed by atoms with Gasteiger partial charge < -0.3 is 5.32 Å². The van der Waals surface area contributed by atoms with Gasteiger partial charge in [-0.25, -0.2) is 9.29 Å². The molecule has 0 unspecified atom stereocenters. The van der Waals surface area contributed by atoms with E-state index in [9.17, 15) is 14.0 Å². The molecule has 6 heteroatoms. The third-order valence-corrected chi connectivity index (χ3v) is 4.32. The third kappa shape index (κ3) is 3.15. The van der Waals surface area contributed by atoms with Crippen molar-refractivity contribution < 1.29 is 14.0 Å². The van der Waals surface area contributed by atoms with Gasteiger partial charge in [-0.15, -0.1) is 0 Å². The molecule has 0 aliphatic carbocycles. The van der Waals surface area contributed by atoms with Crippen molar-refractivity contribution in [2.24, 2.45) is 0 Å². The number of imide groups is 1. The Hall–Kier alpha value is -2.66. The molecule has 0 saturated heterocycles. The Morgan fingerprint density at radius 2 is 1.64 bits per heavy atom. The number of hydrogen-bond acceptors (Lipinski definition) is 3. The molecule has 0 atom stereocenters. The lowest BCUT2D eigenvalue weighted by molar-refractivity contribution is -0.120. The largest absolute Gasteiger partial charge is 0.350 e. The van der Waals surface area contributed by atoms with Gasteiger partial charge in [0.1, 0.15) is 16.5 Å². The zero-order valence-corrected chi connectivity index (χ0v) is 14.5. The molecule has 128 valence electrons. The first-order chi connectivity index (χ1) is 11.9. The van der Waals surface area contributed by atoms with Crippen LogP contribution in [0, 0.1) is 5.82 Å². The molecule has 2 aromatic carbocycles. The van der Waals surface area contributed by atoms with Crippen molar-refractivity contribution in [3.63, 3.8) is 0 Å². The van der Waals surface area contributed by atoms with Crippen LogP contribution in [-0.4, -0.2) is 11.8 Å².